The molecule has 0 aromatic heterocycles. The number of nitrogens with zero attached hydrogens (tertiary/aromatic N) is 1. The number of nitrogens with one attached hydrogen (secondary N) is 1. The van der Waals surface area contributed by atoms with Gasteiger partial charge in [-0.25, -0.2) is 4.79 Å². The number of hydrogen-bond donors (Lipinski definition) is 1. The highest BCUT2D eigenvalue weighted by atomic mass is 16.2. The molecule has 0 aliphatic rings. The van der Waals surface area contributed by atoms with E-state index in [1.807, 2.05) is 24.3 Å². The van der Waals surface area contributed by atoms with Gasteiger partial charge in [-0.05, 0) is 18.4 Å². The average Bonchev–Trinajstić information content (AvgIpc) is 2.30. The lowest BCUT2D eigenvalue weighted by molar-refractivity contribution is 0.213. The van der Waals surface area contributed by atoms with Crippen LogP contribution in [0.3, 0.4) is 0 Å². The normalized spacial score (nSPS) is 11.6. The smallest absolute Gasteiger partial charge is 0.317 e. The Hall–Kier alpha value is -1.77. The first-order valence-electron chi connectivity index (χ1n) is 5.76. The van der Waals surface area contributed by atoms with Crippen LogP contribution in [0, 0.1) is 0 Å². The van der Waals surface area contributed by atoms with E-state index >= 15 is 0 Å². The van der Waals surface area contributed by atoms with E-state index < -0.39 is 0 Å². The van der Waals surface area contributed by atoms with Gasteiger partial charge in [0.05, 0.1) is 0 Å². The number of hydrogen-bond acceptors (Lipinski definition) is 1. The molecule has 2 amide bonds. The molecule has 0 spiro atoms. The fraction of sp³-hybridized carbons (Fsp3) is 0.357. The standard InChI is InChI=1S/C14H20N2O/c1-4-8-13(15-14(17)16(2)3)11-12-9-6-5-7-10-12/h4-7,9-10,13H,1,8,11H2,2-3H3,(H,15,17)/t13-/m1/s1. The summed E-state index contributed by atoms with van der Waals surface area (Å²) in [6.07, 6.45) is 3.43. The highest BCUT2D eigenvalue weighted by molar-refractivity contribution is 5.73. The molecule has 0 radical (unpaired) electrons. The summed E-state index contributed by atoms with van der Waals surface area (Å²) in [5.41, 5.74) is 1.22. The second kappa shape index (κ2) is 6.74. The van der Waals surface area contributed by atoms with Gasteiger partial charge < -0.3 is 10.2 Å². The molecule has 1 rings (SSSR count). The Balaban J connectivity index is 2.60. The predicted octanol–water partition coefficient (Wildman–Crippen LogP) is 2.45. The number of carbonyl (C=O) groups excluding carboxylic acids is 1. The van der Waals surface area contributed by atoms with Gasteiger partial charge in [-0.3, -0.25) is 0 Å². The van der Waals surface area contributed by atoms with Crippen LogP contribution in [-0.2, 0) is 6.42 Å². The van der Waals surface area contributed by atoms with Crippen molar-refractivity contribution >= 4 is 6.03 Å². The Morgan fingerprint density at radius 3 is 2.59 bits per heavy atom. The molecule has 0 saturated carbocycles. The molecular formula is C14H20N2O. The van der Waals surface area contributed by atoms with E-state index in [0.29, 0.717) is 0 Å². The van der Waals surface area contributed by atoms with E-state index in [4.69, 9.17) is 0 Å². The second-order valence-electron chi connectivity index (χ2n) is 4.25. The summed E-state index contributed by atoms with van der Waals surface area (Å²) < 4.78 is 0. The summed E-state index contributed by atoms with van der Waals surface area (Å²) in [4.78, 5) is 13.1. The predicted molar refractivity (Wildman–Crippen MR) is 71.0 cm³/mol. The van der Waals surface area contributed by atoms with Crippen molar-refractivity contribution in [1.29, 1.82) is 0 Å². The first-order valence-corrected chi connectivity index (χ1v) is 5.76. The number of amides is 2. The topological polar surface area (TPSA) is 32.3 Å². The molecule has 1 aromatic rings. The first-order chi connectivity index (χ1) is 8.13. The third kappa shape index (κ3) is 4.72. The molecule has 1 N–H and O–H groups in total. The number of carbonyl (C=O) groups is 1. The van der Waals surface area contributed by atoms with E-state index in [0.717, 1.165) is 12.8 Å². The van der Waals surface area contributed by atoms with E-state index in [1.54, 1.807) is 19.0 Å². The lowest BCUT2D eigenvalue weighted by atomic mass is 10.0. The van der Waals surface area contributed by atoms with Crippen LogP contribution >= 0.6 is 0 Å². The molecular weight excluding hydrogens is 212 g/mol. The monoisotopic (exact) mass is 232 g/mol. The quantitative estimate of drug-likeness (QED) is 0.777. The van der Waals surface area contributed by atoms with Gasteiger partial charge >= 0.3 is 6.03 Å². The van der Waals surface area contributed by atoms with Gasteiger partial charge in [0.25, 0.3) is 0 Å². The van der Waals surface area contributed by atoms with Gasteiger partial charge in [-0.1, -0.05) is 36.4 Å². The van der Waals surface area contributed by atoms with Crippen molar-refractivity contribution in [1.82, 2.24) is 10.2 Å². The third-order valence-corrected chi connectivity index (χ3v) is 2.51. The largest absolute Gasteiger partial charge is 0.335 e. The molecule has 17 heavy (non-hydrogen) atoms. The van der Waals surface area contributed by atoms with Crippen LogP contribution in [0.15, 0.2) is 43.0 Å². The minimum atomic E-state index is -0.0622. The van der Waals surface area contributed by atoms with E-state index in [1.165, 1.54) is 5.56 Å². The molecule has 0 unspecified atom stereocenters. The first kappa shape index (κ1) is 13.3. The second-order valence-corrected chi connectivity index (χ2v) is 4.25. The van der Waals surface area contributed by atoms with Crippen LogP contribution in [0.25, 0.3) is 0 Å². The highest BCUT2D eigenvalue weighted by Gasteiger charge is 2.12. The van der Waals surface area contributed by atoms with Gasteiger partial charge in [0, 0.05) is 20.1 Å². The molecule has 1 atom stereocenters. The Labute approximate surface area is 103 Å². The lowest BCUT2D eigenvalue weighted by Gasteiger charge is -2.20. The minimum Gasteiger partial charge on any atom is -0.335 e. The maximum atomic E-state index is 11.6. The Kier molecular flexibility index (Phi) is 5.27. The van der Waals surface area contributed by atoms with Crippen LogP contribution in [-0.4, -0.2) is 31.1 Å². The van der Waals surface area contributed by atoms with Gasteiger partial charge in [0.2, 0.25) is 0 Å². The molecule has 0 aliphatic carbocycles. The van der Waals surface area contributed by atoms with Crippen LogP contribution < -0.4 is 5.32 Å². The molecule has 0 fully saturated rings. The summed E-state index contributed by atoms with van der Waals surface area (Å²) in [5, 5.41) is 2.98. The molecule has 92 valence electrons. The molecule has 0 bridgehead atoms. The maximum Gasteiger partial charge on any atom is 0.317 e. The van der Waals surface area contributed by atoms with Gasteiger partial charge in [0.15, 0.2) is 0 Å². The summed E-state index contributed by atoms with van der Waals surface area (Å²) >= 11 is 0. The van der Waals surface area contributed by atoms with Crippen LogP contribution in [0.4, 0.5) is 4.79 Å². The lowest BCUT2D eigenvalue weighted by Crippen LogP contribution is -2.42. The van der Waals surface area contributed by atoms with E-state index in [2.05, 4.69) is 24.0 Å². The van der Waals surface area contributed by atoms with Gasteiger partial charge in [0.1, 0.15) is 0 Å². The molecule has 0 aliphatic heterocycles. The summed E-state index contributed by atoms with van der Waals surface area (Å²) in [6, 6.07) is 10.2. The van der Waals surface area contributed by atoms with Crippen molar-refractivity contribution in [2.75, 3.05) is 14.1 Å². The number of urea groups is 1. The van der Waals surface area contributed by atoms with Crippen molar-refractivity contribution in [3.05, 3.63) is 48.6 Å². The number of benzene rings is 1. The van der Waals surface area contributed by atoms with Crippen molar-refractivity contribution < 1.29 is 4.79 Å². The fourth-order valence-corrected chi connectivity index (χ4v) is 1.60. The fourth-order valence-electron chi connectivity index (χ4n) is 1.60. The molecule has 1 aromatic carbocycles. The summed E-state index contributed by atoms with van der Waals surface area (Å²) in [6.45, 7) is 3.73. The van der Waals surface area contributed by atoms with Crippen molar-refractivity contribution in [3.8, 4) is 0 Å². The Bertz CT molecular complexity index is 360. The summed E-state index contributed by atoms with van der Waals surface area (Å²) in [5.74, 6) is 0. The van der Waals surface area contributed by atoms with Crippen molar-refractivity contribution in [2.45, 2.75) is 18.9 Å². The molecule has 0 heterocycles. The van der Waals surface area contributed by atoms with Crippen molar-refractivity contribution in [2.24, 2.45) is 0 Å². The van der Waals surface area contributed by atoms with Crippen molar-refractivity contribution in [3.63, 3.8) is 0 Å². The molecule has 3 nitrogen and oxygen atoms in total. The summed E-state index contributed by atoms with van der Waals surface area (Å²) in [7, 11) is 3.48. The Morgan fingerprint density at radius 1 is 1.41 bits per heavy atom. The number of rotatable bonds is 5. The zero-order chi connectivity index (χ0) is 12.7. The third-order valence-electron chi connectivity index (χ3n) is 2.51. The van der Waals surface area contributed by atoms with Gasteiger partial charge in [-0.15, -0.1) is 6.58 Å². The molecule has 3 heteroatoms. The zero-order valence-electron chi connectivity index (χ0n) is 10.5. The van der Waals surface area contributed by atoms with E-state index in [-0.39, 0.29) is 12.1 Å². The van der Waals surface area contributed by atoms with Gasteiger partial charge in [-0.2, -0.15) is 0 Å². The minimum absolute atomic E-state index is 0.0622. The van der Waals surface area contributed by atoms with E-state index in [9.17, 15) is 4.79 Å². The molecule has 0 saturated heterocycles. The highest BCUT2D eigenvalue weighted by Crippen LogP contribution is 2.06. The SMILES string of the molecule is C=CC[C@H](Cc1ccccc1)NC(=O)N(C)C. The Morgan fingerprint density at radius 2 is 2.06 bits per heavy atom. The van der Waals surface area contributed by atoms with Crippen LogP contribution in [0.1, 0.15) is 12.0 Å². The maximum absolute atomic E-state index is 11.6. The van der Waals surface area contributed by atoms with Crippen LogP contribution in [0.5, 0.6) is 0 Å². The zero-order valence-corrected chi connectivity index (χ0v) is 10.5. The average molecular weight is 232 g/mol. The van der Waals surface area contributed by atoms with Crippen LogP contribution in [0.2, 0.25) is 0 Å².